The zero-order valence-corrected chi connectivity index (χ0v) is 17.3. The van der Waals surface area contributed by atoms with E-state index in [-0.39, 0.29) is 5.78 Å². The lowest BCUT2D eigenvalue weighted by Gasteiger charge is -2.22. The van der Waals surface area contributed by atoms with Crippen molar-refractivity contribution in [3.63, 3.8) is 0 Å². The molecule has 3 unspecified atom stereocenters. The van der Waals surface area contributed by atoms with Gasteiger partial charge in [0, 0.05) is 21.5 Å². The van der Waals surface area contributed by atoms with Gasteiger partial charge in [0.25, 0.3) is 0 Å². The predicted molar refractivity (Wildman–Crippen MR) is 105 cm³/mol. The molecule has 2 aromatic carbocycles. The van der Waals surface area contributed by atoms with Crippen LogP contribution in [-0.2, 0) is 14.3 Å². The van der Waals surface area contributed by atoms with Crippen molar-refractivity contribution < 1.29 is 23.9 Å². The molecule has 4 rings (SSSR count). The molecule has 6 heteroatoms. The number of carbonyl (C=O) groups is 3. The number of Topliss-reactive ketones (excluding diaryl/α,β-unsaturated/α-hetero) is 1. The van der Waals surface area contributed by atoms with Gasteiger partial charge in [-0.25, -0.2) is 0 Å². The Bertz CT molecular complexity index is 1010. The van der Waals surface area contributed by atoms with Gasteiger partial charge in [0.1, 0.15) is 5.75 Å². The smallest absolute Gasteiger partial charge is 0.330 e. The number of carbonyl (C=O) groups excluding carboxylic acids is 3. The Morgan fingerprint density at radius 2 is 1.86 bits per heavy atom. The molecular weight excluding hydrogens is 424 g/mol. The van der Waals surface area contributed by atoms with E-state index in [0.717, 1.165) is 10.0 Å². The molecule has 1 saturated carbocycles. The third-order valence-electron chi connectivity index (χ3n) is 6.14. The number of halogens is 1. The van der Waals surface area contributed by atoms with Crippen molar-refractivity contribution >= 4 is 33.7 Å². The van der Waals surface area contributed by atoms with Crippen LogP contribution in [0.5, 0.6) is 5.75 Å². The fourth-order valence-corrected chi connectivity index (χ4v) is 5.19. The molecule has 1 heterocycles. The van der Waals surface area contributed by atoms with E-state index in [1.165, 1.54) is 7.11 Å². The molecule has 0 bridgehead atoms. The lowest BCUT2D eigenvalue weighted by Crippen LogP contribution is -2.40. The van der Waals surface area contributed by atoms with E-state index in [1.54, 1.807) is 24.3 Å². The average molecular weight is 443 g/mol. The average Bonchev–Trinajstić information content (AvgIpc) is 3.35. The van der Waals surface area contributed by atoms with Crippen molar-refractivity contribution in [3.8, 4) is 5.75 Å². The van der Waals surface area contributed by atoms with E-state index < -0.39 is 28.7 Å². The Labute approximate surface area is 171 Å². The molecule has 144 valence electrons. The van der Waals surface area contributed by atoms with Crippen LogP contribution >= 0.6 is 15.9 Å². The topological polar surface area (TPSA) is 69.7 Å². The van der Waals surface area contributed by atoms with Crippen LogP contribution in [0.25, 0.3) is 0 Å². The van der Waals surface area contributed by atoms with E-state index in [2.05, 4.69) is 15.9 Å². The van der Waals surface area contributed by atoms with Gasteiger partial charge in [-0.2, -0.15) is 0 Å². The predicted octanol–water partition coefficient (Wildman–Crippen LogP) is 4.21. The first-order valence-electron chi connectivity index (χ1n) is 9.06. The maximum Gasteiger partial charge on any atom is 0.330 e. The molecular formula is C22H19BrO5. The molecule has 1 aliphatic carbocycles. The number of hydrogen-bond acceptors (Lipinski definition) is 5. The first kappa shape index (κ1) is 18.9. The lowest BCUT2D eigenvalue weighted by molar-refractivity contribution is -0.160. The number of ether oxygens (including phenoxy) is 2. The van der Waals surface area contributed by atoms with Gasteiger partial charge in [-0.3, -0.25) is 14.4 Å². The van der Waals surface area contributed by atoms with Crippen LogP contribution in [0.2, 0.25) is 0 Å². The normalized spacial score (nSPS) is 27.3. The number of benzene rings is 2. The summed E-state index contributed by atoms with van der Waals surface area (Å²) in [4.78, 5) is 39.7. The number of hydrogen-bond donors (Lipinski definition) is 0. The van der Waals surface area contributed by atoms with Gasteiger partial charge in [-0.15, -0.1) is 0 Å². The van der Waals surface area contributed by atoms with Crippen molar-refractivity contribution in [2.45, 2.75) is 26.2 Å². The third-order valence-corrected chi connectivity index (χ3v) is 6.63. The number of esters is 2. The van der Waals surface area contributed by atoms with Crippen LogP contribution in [-0.4, -0.2) is 24.8 Å². The van der Waals surface area contributed by atoms with Gasteiger partial charge >= 0.3 is 11.9 Å². The quantitative estimate of drug-likeness (QED) is 0.307. The van der Waals surface area contributed by atoms with Crippen LogP contribution in [0.4, 0.5) is 0 Å². The first-order valence-corrected chi connectivity index (χ1v) is 9.85. The van der Waals surface area contributed by atoms with Crippen LogP contribution < -0.4 is 4.74 Å². The van der Waals surface area contributed by atoms with E-state index in [9.17, 15) is 14.4 Å². The lowest BCUT2D eigenvalue weighted by atomic mass is 9.83. The zero-order valence-electron chi connectivity index (χ0n) is 15.7. The molecule has 0 saturated heterocycles. The molecule has 0 spiro atoms. The van der Waals surface area contributed by atoms with E-state index in [0.29, 0.717) is 23.3 Å². The summed E-state index contributed by atoms with van der Waals surface area (Å²) in [6, 6.07) is 12.4. The Morgan fingerprint density at radius 3 is 2.46 bits per heavy atom. The summed E-state index contributed by atoms with van der Waals surface area (Å²) in [6.45, 7) is 3.75. The van der Waals surface area contributed by atoms with E-state index in [1.807, 2.05) is 32.0 Å². The van der Waals surface area contributed by atoms with Gasteiger partial charge in [-0.05, 0) is 31.5 Å². The summed E-state index contributed by atoms with van der Waals surface area (Å²) in [5.74, 6) is -1.93. The zero-order chi connectivity index (χ0) is 20.3. The maximum atomic E-state index is 13.7. The second-order valence-electron chi connectivity index (χ2n) is 7.32. The molecule has 5 nitrogen and oxygen atoms in total. The SMILES string of the molecule is CCC1(C(=O)c2ccc(C)cc2)C2c3cc(Br)ccc3OC(=O)C21C(=O)OC. The van der Waals surface area contributed by atoms with Gasteiger partial charge in [-0.1, -0.05) is 52.7 Å². The highest BCUT2D eigenvalue weighted by atomic mass is 79.9. The fraction of sp³-hybridized carbons (Fsp3) is 0.318. The van der Waals surface area contributed by atoms with Crippen molar-refractivity contribution in [2.75, 3.05) is 7.11 Å². The molecule has 0 amide bonds. The summed E-state index contributed by atoms with van der Waals surface area (Å²) in [5.41, 5.74) is -0.743. The van der Waals surface area contributed by atoms with Crippen LogP contribution in [0.1, 0.15) is 40.7 Å². The minimum absolute atomic E-state index is 0.241. The van der Waals surface area contributed by atoms with Gasteiger partial charge < -0.3 is 9.47 Å². The Balaban J connectivity index is 1.95. The van der Waals surface area contributed by atoms with Crippen LogP contribution in [0.15, 0.2) is 46.9 Å². The summed E-state index contributed by atoms with van der Waals surface area (Å²) in [7, 11) is 1.23. The highest BCUT2D eigenvalue weighted by molar-refractivity contribution is 9.10. The minimum atomic E-state index is -1.66. The molecule has 1 fully saturated rings. The first-order chi connectivity index (χ1) is 13.3. The van der Waals surface area contributed by atoms with Crippen molar-refractivity contribution in [3.05, 3.63) is 63.6 Å². The number of aryl methyl sites for hydroxylation is 1. The molecule has 28 heavy (non-hydrogen) atoms. The summed E-state index contributed by atoms with van der Waals surface area (Å²) < 4.78 is 11.3. The highest BCUT2D eigenvalue weighted by Crippen LogP contribution is 2.80. The van der Waals surface area contributed by atoms with Crippen LogP contribution in [0.3, 0.4) is 0 Å². The van der Waals surface area contributed by atoms with Crippen molar-refractivity contribution in [2.24, 2.45) is 10.8 Å². The van der Waals surface area contributed by atoms with Crippen LogP contribution in [0, 0.1) is 17.8 Å². The maximum absolute atomic E-state index is 13.7. The Morgan fingerprint density at radius 1 is 1.18 bits per heavy atom. The van der Waals surface area contributed by atoms with Gasteiger partial charge in [0.2, 0.25) is 0 Å². The van der Waals surface area contributed by atoms with E-state index in [4.69, 9.17) is 9.47 Å². The fourth-order valence-electron chi connectivity index (χ4n) is 4.81. The second-order valence-corrected chi connectivity index (χ2v) is 8.24. The van der Waals surface area contributed by atoms with E-state index >= 15 is 0 Å². The molecule has 0 radical (unpaired) electrons. The van der Waals surface area contributed by atoms with Gasteiger partial charge in [0.15, 0.2) is 11.2 Å². The number of rotatable bonds is 4. The summed E-state index contributed by atoms with van der Waals surface area (Å²) >= 11 is 3.43. The number of fused-ring (bicyclic) bond motifs is 3. The minimum Gasteiger partial charge on any atom is -0.468 e. The summed E-state index contributed by atoms with van der Waals surface area (Å²) in [6.07, 6.45) is 0.306. The molecule has 2 aliphatic rings. The molecule has 3 atom stereocenters. The van der Waals surface area contributed by atoms with Crippen molar-refractivity contribution in [1.29, 1.82) is 0 Å². The Kier molecular flexibility index (Phi) is 4.23. The largest absolute Gasteiger partial charge is 0.468 e. The molecule has 2 aromatic rings. The highest BCUT2D eigenvalue weighted by Gasteiger charge is 2.90. The van der Waals surface area contributed by atoms with Crippen molar-refractivity contribution in [1.82, 2.24) is 0 Å². The van der Waals surface area contributed by atoms with Gasteiger partial charge in [0.05, 0.1) is 12.5 Å². The standard InChI is InChI=1S/C22H19BrO5/c1-4-21(18(24)13-7-5-12(2)6-8-13)17-15-11-14(23)9-10-16(15)28-20(26)22(17,21)19(25)27-3/h5-11,17H,4H2,1-3H3. The monoisotopic (exact) mass is 442 g/mol. The summed E-state index contributed by atoms with van der Waals surface area (Å²) in [5, 5.41) is 0. The molecule has 1 aliphatic heterocycles. The number of ketones is 1. The Hall–Kier alpha value is -2.47. The second kappa shape index (κ2) is 6.27. The number of methoxy groups -OCH3 is 1. The third kappa shape index (κ3) is 2.15. The molecule has 0 N–H and O–H groups in total. The molecule has 0 aromatic heterocycles.